The molecule has 0 aliphatic rings. The maximum atomic E-state index is 12.5. The molecule has 0 bridgehead atoms. The van der Waals surface area contributed by atoms with Crippen molar-refractivity contribution < 1.29 is 23.4 Å². The zero-order valence-corrected chi connectivity index (χ0v) is 20.2. The van der Waals surface area contributed by atoms with Crippen LogP contribution >= 0.6 is 0 Å². The first kappa shape index (κ1) is 26.0. The maximum Gasteiger partial charge on any atom is 0.383 e. The van der Waals surface area contributed by atoms with E-state index < -0.39 is 11.6 Å². The van der Waals surface area contributed by atoms with Gasteiger partial charge in [-0.2, -0.15) is 0 Å². The lowest BCUT2D eigenvalue weighted by molar-refractivity contribution is -0.132. The van der Waals surface area contributed by atoms with Gasteiger partial charge in [-0.3, -0.25) is 4.79 Å². The van der Waals surface area contributed by atoms with Gasteiger partial charge in [-0.05, 0) is 64.7 Å². The summed E-state index contributed by atoms with van der Waals surface area (Å²) in [6.45, 7) is 10.2. The van der Waals surface area contributed by atoms with Crippen LogP contribution in [0.15, 0.2) is 62.9 Å². The van der Waals surface area contributed by atoms with Gasteiger partial charge in [0.1, 0.15) is 23.3 Å². The summed E-state index contributed by atoms with van der Waals surface area (Å²) in [5.41, 5.74) is 2.05. The second kappa shape index (κ2) is 13.3. The van der Waals surface area contributed by atoms with Crippen molar-refractivity contribution in [1.82, 2.24) is 0 Å². The van der Waals surface area contributed by atoms with E-state index in [1.165, 1.54) is 18.1 Å². The van der Waals surface area contributed by atoms with Crippen LogP contribution in [0.4, 0.5) is 0 Å². The molecule has 0 amide bonds. The molecule has 0 aliphatic carbocycles. The molecule has 0 saturated carbocycles. The van der Waals surface area contributed by atoms with E-state index in [2.05, 4.69) is 26.8 Å². The van der Waals surface area contributed by atoms with E-state index in [1.54, 1.807) is 18.2 Å². The highest BCUT2D eigenvalue weighted by Gasteiger charge is 2.22. The minimum absolute atomic E-state index is 0.154. The van der Waals surface area contributed by atoms with Gasteiger partial charge in [0.2, 0.25) is 0 Å². The topological polar surface area (TPSA) is 75.0 Å². The Morgan fingerprint density at radius 3 is 2.48 bits per heavy atom. The summed E-state index contributed by atoms with van der Waals surface area (Å²) in [7, 11) is 0. The Labute approximate surface area is 195 Å². The fourth-order valence-electron chi connectivity index (χ4n) is 3.14. The summed E-state index contributed by atoms with van der Waals surface area (Å²) < 4.78 is 22.5. The Bertz CT molecular complexity index is 1080. The molecule has 178 valence electrons. The number of rotatable bonds is 12. The van der Waals surface area contributed by atoms with Crippen LogP contribution in [0.1, 0.15) is 60.3 Å². The van der Waals surface area contributed by atoms with Crippen molar-refractivity contribution >= 4 is 16.9 Å². The average molecular weight is 455 g/mol. The van der Waals surface area contributed by atoms with Gasteiger partial charge in [0.05, 0.1) is 6.61 Å². The number of hydrogen-bond donors (Lipinski definition) is 0. The molecular weight excluding hydrogens is 420 g/mol. The van der Waals surface area contributed by atoms with E-state index in [0.29, 0.717) is 36.4 Å². The van der Waals surface area contributed by atoms with E-state index >= 15 is 0 Å². The number of carbonyl (C=O) groups is 1. The molecule has 2 aromatic rings. The molecule has 0 spiro atoms. The van der Waals surface area contributed by atoms with Crippen LogP contribution in [0.2, 0.25) is 0 Å². The lowest BCUT2D eigenvalue weighted by atomic mass is 10.1. The van der Waals surface area contributed by atoms with Gasteiger partial charge in [-0.25, -0.2) is 4.79 Å². The largest absolute Gasteiger partial charge is 0.489 e. The number of ether oxygens (including phenoxy) is 3. The van der Waals surface area contributed by atoms with Crippen molar-refractivity contribution in [1.29, 1.82) is 0 Å². The fraction of sp³-hybridized carbons (Fsp3) is 0.407. The summed E-state index contributed by atoms with van der Waals surface area (Å²) >= 11 is 0. The van der Waals surface area contributed by atoms with Crippen molar-refractivity contribution in [2.75, 3.05) is 13.2 Å². The first-order chi connectivity index (χ1) is 15.8. The number of carbonyl (C=O) groups excluding carboxylic acids is 1. The molecule has 0 N–H and O–H groups in total. The molecule has 0 fully saturated rings. The van der Waals surface area contributed by atoms with Crippen molar-refractivity contribution in [2.24, 2.45) is 0 Å². The van der Waals surface area contributed by atoms with Crippen LogP contribution in [0.25, 0.3) is 11.0 Å². The number of allylic oxidation sites excluding steroid dienone is 4. The van der Waals surface area contributed by atoms with Crippen LogP contribution in [-0.4, -0.2) is 19.2 Å². The normalized spacial score (nSPS) is 11.6. The van der Waals surface area contributed by atoms with Gasteiger partial charge in [0.15, 0.2) is 5.75 Å². The molecule has 1 aromatic heterocycles. The molecule has 0 aliphatic heterocycles. The van der Waals surface area contributed by atoms with Crippen LogP contribution in [0, 0.1) is 0 Å². The Balaban J connectivity index is 2.35. The van der Waals surface area contributed by atoms with Gasteiger partial charge in [0.25, 0.3) is 5.75 Å². The van der Waals surface area contributed by atoms with Gasteiger partial charge in [-0.15, -0.1) is 0 Å². The standard InChI is InChI=1S/C27H34O6/c1-6-7-8-9-17-31-25-24-22(30-18-16-20(4)13-10-12-19(2)3)14-11-15-23(24)33-27(29)26(25)32-21(5)28/h7-8,11-12,14-16H,6,9-10,13,17-18H2,1-5H3/b8-7?,20-16+. The van der Waals surface area contributed by atoms with Gasteiger partial charge in [0, 0.05) is 6.92 Å². The molecule has 2 rings (SSSR count). The summed E-state index contributed by atoms with van der Waals surface area (Å²) in [6, 6.07) is 5.17. The van der Waals surface area contributed by atoms with Gasteiger partial charge < -0.3 is 18.6 Å². The number of benzene rings is 1. The van der Waals surface area contributed by atoms with Crippen LogP contribution in [0.3, 0.4) is 0 Å². The van der Waals surface area contributed by atoms with E-state index in [4.69, 9.17) is 18.6 Å². The highest BCUT2D eigenvalue weighted by Crippen LogP contribution is 2.39. The lowest BCUT2D eigenvalue weighted by Crippen LogP contribution is -2.14. The number of hydrogen-bond acceptors (Lipinski definition) is 6. The highest BCUT2D eigenvalue weighted by molar-refractivity contribution is 5.92. The first-order valence-corrected chi connectivity index (χ1v) is 11.3. The van der Waals surface area contributed by atoms with Crippen LogP contribution < -0.4 is 19.8 Å². The average Bonchev–Trinajstić information content (AvgIpc) is 2.75. The predicted molar refractivity (Wildman–Crippen MR) is 131 cm³/mol. The maximum absolute atomic E-state index is 12.5. The molecular formula is C27H34O6. The zero-order chi connectivity index (χ0) is 24.2. The first-order valence-electron chi connectivity index (χ1n) is 11.3. The third-order valence-corrected chi connectivity index (χ3v) is 4.75. The zero-order valence-electron chi connectivity index (χ0n) is 20.2. The number of esters is 1. The smallest absolute Gasteiger partial charge is 0.383 e. The van der Waals surface area contributed by atoms with Gasteiger partial charge >= 0.3 is 11.6 Å². The SMILES string of the molecule is CCC=CCCOc1c(OC(C)=O)c(=O)oc2cccc(OC/C=C(\C)CCC=C(C)C)c12. The summed E-state index contributed by atoms with van der Waals surface area (Å²) in [5.74, 6) is -0.261. The second-order valence-electron chi connectivity index (χ2n) is 7.97. The quantitative estimate of drug-likeness (QED) is 0.157. The second-order valence-corrected chi connectivity index (χ2v) is 7.97. The van der Waals surface area contributed by atoms with Crippen molar-refractivity contribution in [2.45, 2.75) is 60.3 Å². The molecule has 0 saturated heterocycles. The molecule has 33 heavy (non-hydrogen) atoms. The van der Waals surface area contributed by atoms with Crippen LogP contribution in [-0.2, 0) is 4.79 Å². The minimum Gasteiger partial charge on any atom is -0.489 e. The van der Waals surface area contributed by atoms with Gasteiger partial charge in [-0.1, -0.05) is 42.4 Å². The molecule has 0 radical (unpaired) electrons. The highest BCUT2D eigenvalue weighted by atomic mass is 16.6. The summed E-state index contributed by atoms with van der Waals surface area (Å²) in [5, 5.41) is 0.461. The summed E-state index contributed by atoms with van der Waals surface area (Å²) in [4.78, 5) is 24.1. The van der Waals surface area contributed by atoms with E-state index in [9.17, 15) is 9.59 Å². The summed E-state index contributed by atoms with van der Waals surface area (Å²) in [6.07, 6.45) is 11.8. The predicted octanol–water partition coefficient (Wildman–Crippen LogP) is 6.52. The molecule has 6 nitrogen and oxygen atoms in total. The van der Waals surface area contributed by atoms with Crippen molar-refractivity contribution in [3.8, 4) is 17.2 Å². The molecule has 0 unspecified atom stereocenters. The van der Waals surface area contributed by atoms with E-state index in [1.807, 2.05) is 25.2 Å². The van der Waals surface area contributed by atoms with E-state index in [0.717, 1.165) is 19.3 Å². The molecule has 0 atom stereocenters. The van der Waals surface area contributed by atoms with Crippen LogP contribution in [0.5, 0.6) is 17.2 Å². The van der Waals surface area contributed by atoms with Crippen molar-refractivity contribution in [3.63, 3.8) is 0 Å². The Kier molecular flexibility index (Phi) is 10.5. The fourth-order valence-corrected chi connectivity index (χ4v) is 3.14. The lowest BCUT2D eigenvalue weighted by Gasteiger charge is -2.15. The Morgan fingerprint density at radius 1 is 1.00 bits per heavy atom. The molecule has 6 heteroatoms. The molecule has 1 aromatic carbocycles. The van der Waals surface area contributed by atoms with E-state index in [-0.39, 0.29) is 11.5 Å². The third-order valence-electron chi connectivity index (χ3n) is 4.75. The molecule has 1 heterocycles. The minimum atomic E-state index is -0.774. The third kappa shape index (κ3) is 8.29. The monoisotopic (exact) mass is 454 g/mol. The number of fused-ring (bicyclic) bond motifs is 1. The van der Waals surface area contributed by atoms with Crippen molar-refractivity contribution in [3.05, 3.63) is 64.1 Å². The Morgan fingerprint density at radius 2 is 1.79 bits per heavy atom. The Hall–Kier alpha value is -3.28.